The molecule has 140 valence electrons. The molecular weight excluding hydrogens is 406 g/mol. The molecule has 3 rings (SSSR count). The maximum absolute atomic E-state index is 13.8. The van der Waals surface area contributed by atoms with Gasteiger partial charge in [-0.2, -0.15) is 5.10 Å². The Kier molecular flexibility index (Phi) is 5.43. The topological polar surface area (TPSA) is 41.4 Å². The van der Waals surface area contributed by atoms with E-state index in [0.717, 1.165) is 10.5 Å². The van der Waals surface area contributed by atoms with Crippen LogP contribution in [-0.4, -0.2) is 51.7 Å². The van der Waals surface area contributed by atoms with Crippen LogP contribution < -0.4 is 0 Å². The van der Waals surface area contributed by atoms with Gasteiger partial charge in [-0.25, -0.2) is 8.78 Å². The van der Waals surface area contributed by atoms with Gasteiger partial charge in [0.15, 0.2) is 11.6 Å². The predicted molar refractivity (Wildman–Crippen MR) is 97.5 cm³/mol. The summed E-state index contributed by atoms with van der Waals surface area (Å²) in [7, 11) is 0. The molecule has 26 heavy (non-hydrogen) atoms. The molecule has 5 nitrogen and oxygen atoms in total. The van der Waals surface area contributed by atoms with Crippen molar-refractivity contribution >= 4 is 21.8 Å². The van der Waals surface area contributed by atoms with Gasteiger partial charge in [-0.1, -0.05) is 12.1 Å². The fourth-order valence-corrected chi connectivity index (χ4v) is 3.40. The monoisotopic (exact) mass is 426 g/mol. The summed E-state index contributed by atoms with van der Waals surface area (Å²) in [4.78, 5) is 16.7. The van der Waals surface area contributed by atoms with E-state index in [1.165, 1.54) is 6.07 Å². The third-order valence-electron chi connectivity index (χ3n) is 4.73. The molecule has 0 unspecified atom stereocenters. The molecule has 1 aliphatic rings. The molecule has 1 aliphatic heterocycles. The number of nitrogens with zero attached hydrogens (tertiary/aromatic N) is 4. The minimum Gasteiger partial charge on any atom is -0.338 e. The number of rotatable bonds is 4. The van der Waals surface area contributed by atoms with Crippen molar-refractivity contribution in [3.63, 3.8) is 0 Å². The van der Waals surface area contributed by atoms with Crippen LogP contribution in [0.15, 0.2) is 35.1 Å². The van der Waals surface area contributed by atoms with Crippen molar-refractivity contribution in [2.45, 2.75) is 25.9 Å². The van der Waals surface area contributed by atoms with Gasteiger partial charge in [0.05, 0.1) is 10.7 Å². The minimum absolute atomic E-state index is 0.00955. The average Bonchev–Trinajstić information content (AvgIpc) is 3.06. The lowest BCUT2D eigenvalue weighted by atomic mass is 10.0. The average molecular weight is 427 g/mol. The van der Waals surface area contributed by atoms with Crippen molar-refractivity contribution in [2.75, 3.05) is 26.2 Å². The lowest BCUT2D eigenvalue weighted by Gasteiger charge is -2.38. The normalized spacial score (nSPS) is 16.1. The fourth-order valence-electron chi connectivity index (χ4n) is 3.11. The molecule has 2 heterocycles. The first-order chi connectivity index (χ1) is 12.3. The van der Waals surface area contributed by atoms with E-state index in [0.29, 0.717) is 38.3 Å². The molecule has 0 aliphatic carbocycles. The first-order valence-electron chi connectivity index (χ1n) is 8.44. The Bertz CT molecular complexity index is 800. The second-order valence-electron chi connectivity index (χ2n) is 6.94. The van der Waals surface area contributed by atoms with Crippen LogP contribution in [0.25, 0.3) is 0 Å². The molecule has 1 amide bonds. The van der Waals surface area contributed by atoms with Gasteiger partial charge >= 0.3 is 0 Å². The van der Waals surface area contributed by atoms with Gasteiger partial charge in [-0.15, -0.1) is 0 Å². The third-order valence-corrected chi connectivity index (χ3v) is 5.14. The smallest absolute Gasteiger partial charge is 0.250 e. The molecule has 0 spiro atoms. The van der Waals surface area contributed by atoms with Gasteiger partial charge in [0.2, 0.25) is 5.91 Å². The van der Waals surface area contributed by atoms with E-state index in [4.69, 9.17) is 0 Å². The van der Waals surface area contributed by atoms with Crippen LogP contribution >= 0.6 is 15.9 Å². The number of hydrogen-bond acceptors (Lipinski definition) is 3. The largest absolute Gasteiger partial charge is 0.338 e. The highest BCUT2D eigenvalue weighted by Gasteiger charge is 2.36. The minimum atomic E-state index is -0.830. The van der Waals surface area contributed by atoms with Gasteiger partial charge in [-0.05, 0) is 35.8 Å². The Labute approximate surface area is 159 Å². The van der Waals surface area contributed by atoms with E-state index in [1.54, 1.807) is 28.0 Å². The number of carbonyl (C=O) groups excluding carboxylic acids is 1. The van der Waals surface area contributed by atoms with Gasteiger partial charge in [0.1, 0.15) is 5.54 Å². The number of piperazine rings is 1. The van der Waals surface area contributed by atoms with Gasteiger partial charge < -0.3 is 4.90 Å². The van der Waals surface area contributed by atoms with Gasteiger partial charge in [0.25, 0.3) is 0 Å². The number of amides is 1. The van der Waals surface area contributed by atoms with E-state index < -0.39 is 17.2 Å². The predicted octanol–water partition coefficient (Wildman–Crippen LogP) is 3.00. The highest BCUT2D eigenvalue weighted by molar-refractivity contribution is 9.10. The Balaban J connectivity index is 1.61. The zero-order valence-corrected chi connectivity index (χ0v) is 16.3. The lowest BCUT2D eigenvalue weighted by molar-refractivity contribution is -0.141. The molecule has 1 aromatic heterocycles. The third kappa shape index (κ3) is 3.81. The lowest BCUT2D eigenvalue weighted by Crippen LogP contribution is -2.54. The summed E-state index contributed by atoms with van der Waals surface area (Å²) in [6.45, 7) is 6.32. The molecule has 1 fully saturated rings. The summed E-state index contributed by atoms with van der Waals surface area (Å²) in [5, 5.41) is 4.23. The van der Waals surface area contributed by atoms with Crippen LogP contribution in [-0.2, 0) is 16.9 Å². The molecule has 0 radical (unpaired) electrons. The summed E-state index contributed by atoms with van der Waals surface area (Å²) < 4.78 is 29.6. The number of benzene rings is 1. The quantitative estimate of drug-likeness (QED) is 0.754. The van der Waals surface area contributed by atoms with Crippen molar-refractivity contribution in [1.82, 2.24) is 19.6 Å². The Morgan fingerprint density at radius 2 is 1.92 bits per heavy atom. The van der Waals surface area contributed by atoms with Crippen LogP contribution in [0.1, 0.15) is 19.4 Å². The van der Waals surface area contributed by atoms with Crippen molar-refractivity contribution in [3.8, 4) is 0 Å². The highest BCUT2D eigenvalue weighted by Crippen LogP contribution is 2.22. The second kappa shape index (κ2) is 7.44. The molecule has 2 aromatic rings. The van der Waals surface area contributed by atoms with Crippen LogP contribution in [0.5, 0.6) is 0 Å². The van der Waals surface area contributed by atoms with Gasteiger partial charge in [0, 0.05) is 44.5 Å². The molecule has 8 heteroatoms. The highest BCUT2D eigenvalue weighted by atomic mass is 79.9. The molecular formula is C18H21BrF2N4O. The van der Waals surface area contributed by atoms with Crippen molar-refractivity contribution in [1.29, 1.82) is 0 Å². The number of aromatic nitrogens is 2. The van der Waals surface area contributed by atoms with Crippen molar-refractivity contribution in [3.05, 3.63) is 52.3 Å². The molecule has 0 saturated carbocycles. The zero-order chi connectivity index (χ0) is 18.9. The van der Waals surface area contributed by atoms with E-state index in [1.807, 2.05) is 18.7 Å². The molecule has 1 saturated heterocycles. The zero-order valence-electron chi connectivity index (χ0n) is 14.8. The number of halogens is 3. The Morgan fingerprint density at radius 1 is 1.23 bits per heavy atom. The van der Waals surface area contributed by atoms with E-state index in [-0.39, 0.29) is 5.91 Å². The summed E-state index contributed by atoms with van der Waals surface area (Å²) >= 11 is 3.35. The molecule has 0 atom stereocenters. The van der Waals surface area contributed by atoms with Crippen LogP contribution in [0, 0.1) is 11.6 Å². The van der Waals surface area contributed by atoms with Crippen LogP contribution in [0.3, 0.4) is 0 Å². The van der Waals surface area contributed by atoms with Gasteiger partial charge in [-0.3, -0.25) is 14.4 Å². The van der Waals surface area contributed by atoms with E-state index in [2.05, 4.69) is 21.0 Å². The first kappa shape index (κ1) is 19.0. The summed E-state index contributed by atoms with van der Waals surface area (Å²) in [6, 6.07) is 4.22. The maximum Gasteiger partial charge on any atom is 0.250 e. The summed E-state index contributed by atoms with van der Waals surface area (Å²) in [5.74, 6) is -1.63. The Hall–Kier alpha value is -1.80. The van der Waals surface area contributed by atoms with E-state index in [9.17, 15) is 13.6 Å². The SMILES string of the molecule is CC(C)(C(=O)N1CCN(Cc2cccc(F)c2F)CC1)n1cc(Br)cn1. The number of carbonyl (C=O) groups is 1. The van der Waals surface area contributed by atoms with Crippen LogP contribution in [0.2, 0.25) is 0 Å². The number of hydrogen-bond donors (Lipinski definition) is 0. The fraction of sp³-hybridized carbons (Fsp3) is 0.444. The first-order valence-corrected chi connectivity index (χ1v) is 9.23. The summed E-state index contributed by atoms with van der Waals surface area (Å²) in [5.41, 5.74) is -0.449. The van der Waals surface area contributed by atoms with Crippen molar-refractivity contribution < 1.29 is 13.6 Å². The summed E-state index contributed by atoms with van der Waals surface area (Å²) in [6.07, 6.45) is 3.43. The van der Waals surface area contributed by atoms with E-state index >= 15 is 0 Å². The molecule has 1 aromatic carbocycles. The molecule has 0 N–H and O–H groups in total. The second-order valence-corrected chi connectivity index (χ2v) is 7.86. The van der Waals surface area contributed by atoms with Crippen LogP contribution in [0.4, 0.5) is 8.78 Å². The molecule has 0 bridgehead atoms. The maximum atomic E-state index is 13.8. The standard InChI is InChI=1S/C18H21BrF2N4O/c1-18(2,25-12-14(19)10-22-25)17(26)24-8-6-23(7-9-24)11-13-4-3-5-15(20)16(13)21/h3-5,10,12H,6-9,11H2,1-2H3. The van der Waals surface area contributed by atoms with Crippen molar-refractivity contribution in [2.24, 2.45) is 0 Å². The Morgan fingerprint density at radius 3 is 2.54 bits per heavy atom.